The van der Waals surface area contributed by atoms with Crippen LogP contribution in [0.4, 0.5) is 5.69 Å². The van der Waals surface area contributed by atoms with E-state index >= 15 is 0 Å². The molecule has 2 aromatic rings. The van der Waals surface area contributed by atoms with Gasteiger partial charge in [-0.25, -0.2) is 4.98 Å². The van der Waals surface area contributed by atoms with E-state index in [0.29, 0.717) is 11.4 Å². The van der Waals surface area contributed by atoms with Crippen LogP contribution in [0.3, 0.4) is 0 Å². The van der Waals surface area contributed by atoms with Crippen molar-refractivity contribution in [2.75, 3.05) is 5.73 Å². The van der Waals surface area contributed by atoms with E-state index in [4.69, 9.17) is 5.73 Å². The molecule has 1 heterocycles. The third-order valence-electron chi connectivity index (χ3n) is 2.36. The Morgan fingerprint density at radius 3 is 2.94 bits per heavy atom. The number of nitrogens with one attached hydrogen (secondary N) is 1. The first-order chi connectivity index (χ1) is 7.56. The van der Waals surface area contributed by atoms with Crippen LogP contribution in [0.5, 0.6) is 0 Å². The first kappa shape index (κ1) is 11.1. The second-order valence-corrected chi connectivity index (χ2v) is 6.03. The molecule has 0 fully saturated rings. The van der Waals surface area contributed by atoms with Crippen molar-refractivity contribution >= 4 is 27.5 Å². The van der Waals surface area contributed by atoms with Crippen molar-refractivity contribution in [2.24, 2.45) is 0 Å². The lowest BCUT2D eigenvalue weighted by molar-refractivity contribution is 0.675. The van der Waals surface area contributed by atoms with Gasteiger partial charge in [-0.15, -0.1) is 0 Å². The summed E-state index contributed by atoms with van der Waals surface area (Å²) in [6.07, 6.45) is 0. The normalized spacial score (nSPS) is 13.4. The molecule has 1 atom stereocenters. The van der Waals surface area contributed by atoms with Crippen LogP contribution in [0.2, 0.25) is 0 Å². The number of hydrogen-bond acceptors (Lipinski definition) is 3. The predicted molar refractivity (Wildman–Crippen MR) is 67.5 cm³/mol. The fourth-order valence-corrected chi connectivity index (χ4v) is 2.19. The van der Waals surface area contributed by atoms with Crippen LogP contribution in [0.15, 0.2) is 18.2 Å². The van der Waals surface area contributed by atoms with E-state index in [1.807, 2.05) is 32.0 Å². The molecule has 0 amide bonds. The average molecular weight is 237 g/mol. The van der Waals surface area contributed by atoms with Gasteiger partial charge in [-0.1, -0.05) is 13.8 Å². The lowest BCUT2D eigenvalue weighted by Gasteiger charge is -2.01. The van der Waals surface area contributed by atoms with Gasteiger partial charge in [-0.2, -0.15) is 0 Å². The maximum absolute atomic E-state index is 11.7. The van der Waals surface area contributed by atoms with Crippen molar-refractivity contribution in [2.45, 2.75) is 24.9 Å². The smallest absolute Gasteiger partial charge is 0.119 e. The second-order valence-electron chi connectivity index (χ2n) is 4.03. The Morgan fingerprint density at radius 2 is 2.25 bits per heavy atom. The molecule has 86 valence electrons. The van der Waals surface area contributed by atoms with Crippen LogP contribution in [0, 0.1) is 0 Å². The zero-order valence-electron chi connectivity index (χ0n) is 9.36. The van der Waals surface area contributed by atoms with Crippen molar-refractivity contribution in [1.29, 1.82) is 0 Å². The molecule has 0 aliphatic heterocycles. The van der Waals surface area contributed by atoms with Crippen molar-refractivity contribution in [3.05, 3.63) is 24.0 Å². The van der Waals surface area contributed by atoms with E-state index in [1.165, 1.54) is 0 Å². The van der Waals surface area contributed by atoms with E-state index in [9.17, 15) is 4.21 Å². The Labute approximate surface area is 96.7 Å². The highest BCUT2D eigenvalue weighted by atomic mass is 32.2. The topological polar surface area (TPSA) is 71.8 Å². The summed E-state index contributed by atoms with van der Waals surface area (Å²) in [6, 6.07) is 5.51. The van der Waals surface area contributed by atoms with Crippen LogP contribution in [0.1, 0.15) is 19.7 Å². The number of imidazole rings is 1. The fourth-order valence-electron chi connectivity index (χ4n) is 1.45. The number of benzene rings is 1. The zero-order chi connectivity index (χ0) is 11.7. The lowest BCUT2D eigenvalue weighted by Crippen LogP contribution is -2.08. The second kappa shape index (κ2) is 4.25. The van der Waals surface area contributed by atoms with Gasteiger partial charge in [0.05, 0.1) is 16.8 Å². The molecule has 0 aliphatic carbocycles. The molecule has 0 spiro atoms. The molecule has 0 saturated carbocycles. The Bertz CT molecular complexity index is 533. The zero-order valence-corrected chi connectivity index (χ0v) is 10.2. The Morgan fingerprint density at radius 1 is 1.50 bits per heavy atom. The Balaban J connectivity index is 2.29. The van der Waals surface area contributed by atoms with Crippen LogP contribution in [-0.2, 0) is 16.6 Å². The molecule has 5 heteroatoms. The number of anilines is 1. The van der Waals surface area contributed by atoms with E-state index in [-0.39, 0.29) is 5.25 Å². The molecule has 0 aliphatic rings. The summed E-state index contributed by atoms with van der Waals surface area (Å²) in [4.78, 5) is 7.51. The number of nitrogens with two attached hydrogens (primary N) is 1. The first-order valence-corrected chi connectivity index (χ1v) is 6.56. The largest absolute Gasteiger partial charge is 0.399 e. The molecule has 4 nitrogen and oxygen atoms in total. The minimum absolute atomic E-state index is 0.151. The number of hydrogen-bond donors (Lipinski definition) is 2. The Hall–Kier alpha value is -1.36. The van der Waals surface area contributed by atoms with Crippen LogP contribution in [-0.4, -0.2) is 19.4 Å². The van der Waals surface area contributed by atoms with Gasteiger partial charge < -0.3 is 10.7 Å². The highest BCUT2D eigenvalue weighted by molar-refractivity contribution is 7.84. The number of nitrogen functional groups attached to an aromatic ring is 1. The number of aromatic nitrogens is 2. The van der Waals surface area contributed by atoms with Gasteiger partial charge in [-0.3, -0.25) is 4.21 Å². The quantitative estimate of drug-likeness (QED) is 0.800. The minimum Gasteiger partial charge on any atom is -0.399 e. The highest BCUT2D eigenvalue weighted by Crippen LogP contribution is 2.16. The van der Waals surface area contributed by atoms with Gasteiger partial charge in [0.15, 0.2) is 0 Å². The summed E-state index contributed by atoms with van der Waals surface area (Å²) < 4.78 is 11.7. The van der Waals surface area contributed by atoms with Gasteiger partial charge in [0.1, 0.15) is 5.82 Å². The van der Waals surface area contributed by atoms with Gasteiger partial charge in [0.25, 0.3) is 0 Å². The van der Waals surface area contributed by atoms with Gasteiger partial charge >= 0.3 is 0 Å². The summed E-state index contributed by atoms with van der Waals surface area (Å²) in [5.74, 6) is 1.22. The number of H-pyrrole nitrogens is 1. The third-order valence-corrected chi connectivity index (χ3v) is 3.97. The maximum Gasteiger partial charge on any atom is 0.119 e. The van der Waals surface area contributed by atoms with E-state index < -0.39 is 10.8 Å². The fraction of sp³-hybridized carbons (Fsp3) is 0.364. The monoisotopic (exact) mass is 237 g/mol. The molecule has 0 saturated heterocycles. The first-order valence-electron chi connectivity index (χ1n) is 5.17. The van der Waals surface area contributed by atoms with Crippen molar-refractivity contribution in [1.82, 2.24) is 9.97 Å². The molecule has 1 unspecified atom stereocenters. The van der Waals surface area contributed by atoms with Crippen molar-refractivity contribution in [3.63, 3.8) is 0 Å². The maximum atomic E-state index is 11.7. The third kappa shape index (κ3) is 2.24. The van der Waals surface area contributed by atoms with Crippen molar-refractivity contribution < 1.29 is 4.21 Å². The summed E-state index contributed by atoms with van der Waals surface area (Å²) >= 11 is 0. The number of fused-ring (bicyclic) bond motifs is 1. The summed E-state index contributed by atoms with van der Waals surface area (Å²) in [6.45, 7) is 3.88. The standard InChI is InChI=1S/C11H15N3OS/c1-7(2)16(15)6-11-13-9-4-3-8(12)5-10(9)14-11/h3-5,7H,6,12H2,1-2H3,(H,13,14). The summed E-state index contributed by atoms with van der Waals surface area (Å²) in [5.41, 5.74) is 8.14. The number of rotatable bonds is 3. The summed E-state index contributed by atoms with van der Waals surface area (Å²) in [5, 5.41) is 0.151. The van der Waals surface area contributed by atoms with Gasteiger partial charge in [0, 0.05) is 21.7 Å². The SMILES string of the molecule is CC(C)S(=O)Cc1nc2ccc(N)cc2[nH]1. The van der Waals surface area contributed by atoms with E-state index in [2.05, 4.69) is 9.97 Å². The molecule has 2 rings (SSSR count). The lowest BCUT2D eigenvalue weighted by atomic mass is 10.3. The molecule has 3 N–H and O–H groups in total. The number of nitrogens with zero attached hydrogens (tertiary/aromatic N) is 1. The average Bonchev–Trinajstić information content (AvgIpc) is 2.58. The molecule has 1 aromatic heterocycles. The van der Waals surface area contributed by atoms with Gasteiger partial charge in [0.2, 0.25) is 0 Å². The molecule has 0 radical (unpaired) electrons. The summed E-state index contributed by atoms with van der Waals surface area (Å²) in [7, 11) is -0.880. The van der Waals surface area contributed by atoms with E-state index in [0.717, 1.165) is 16.9 Å². The van der Waals surface area contributed by atoms with Crippen molar-refractivity contribution in [3.8, 4) is 0 Å². The molecule has 0 bridgehead atoms. The van der Waals surface area contributed by atoms with Crippen LogP contribution >= 0.6 is 0 Å². The van der Waals surface area contributed by atoms with Gasteiger partial charge in [-0.05, 0) is 18.2 Å². The van der Waals surface area contributed by atoms with E-state index in [1.54, 1.807) is 0 Å². The van der Waals surface area contributed by atoms with Crippen LogP contribution < -0.4 is 5.73 Å². The minimum atomic E-state index is -0.880. The molecular formula is C11H15N3OS. The predicted octanol–water partition coefficient (Wildman–Crippen LogP) is 1.80. The Kier molecular flexibility index (Phi) is 2.96. The molecule has 16 heavy (non-hydrogen) atoms. The molecular weight excluding hydrogens is 222 g/mol. The van der Waals surface area contributed by atoms with Crippen LogP contribution in [0.25, 0.3) is 11.0 Å². The highest BCUT2D eigenvalue weighted by Gasteiger charge is 2.09. The molecule has 1 aromatic carbocycles. The number of aromatic amines is 1.